The van der Waals surface area contributed by atoms with E-state index in [-0.39, 0.29) is 0 Å². The van der Waals surface area contributed by atoms with Crippen LogP contribution in [0.5, 0.6) is 0 Å². The van der Waals surface area contributed by atoms with Crippen LogP contribution in [0.3, 0.4) is 0 Å². The Kier molecular flexibility index (Phi) is 3.98. The Hall–Kier alpha value is -0.190. The molecule has 0 radical (unpaired) electrons. The molecule has 0 bridgehead atoms. The summed E-state index contributed by atoms with van der Waals surface area (Å²) in [5, 5.41) is 0. The van der Waals surface area contributed by atoms with Crippen molar-refractivity contribution in [3.05, 3.63) is 0 Å². The van der Waals surface area contributed by atoms with E-state index in [1.807, 2.05) is 0 Å². The van der Waals surface area contributed by atoms with Crippen LogP contribution < -0.4 is 0 Å². The van der Waals surface area contributed by atoms with E-state index in [9.17, 15) is 4.79 Å². The van der Waals surface area contributed by atoms with E-state index in [1.165, 1.54) is 0 Å². The number of alkyl halides is 3. The smallest absolute Gasteiger partial charge is 0.335 e. The highest BCUT2D eigenvalue weighted by molar-refractivity contribution is 6.68. The van der Waals surface area contributed by atoms with Gasteiger partial charge in [-0.2, -0.15) is 0 Å². The number of aliphatic imine (C=N–C) groups is 1. The summed E-state index contributed by atoms with van der Waals surface area (Å²) in [4.78, 5) is 15.5. The Labute approximate surface area is 109 Å². The van der Waals surface area contributed by atoms with Gasteiger partial charge in [0.2, 0.25) is 3.79 Å². The quantitative estimate of drug-likeness (QED) is 0.550. The molecule has 0 N–H and O–H groups in total. The Morgan fingerprint density at radius 2 is 1.94 bits per heavy atom. The maximum atomic E-state index is 11.7. The van der Waals surface area contributed by atoms with E-state index in [1.54, 1.807) is 20.8 Å². The molecule has 0 amide bonds. The van der Waals surface area contributed by atoms with E-state index < -0.39 is 27.5 Å². The van der Waals surface area contributed by atoms with Gasteiger partial charge < -0.3 is 9.47 Å². The zero-order valence-corrected chi connectivity index (χ0v) is 11.3. The molecule has 0 saturated carbocycles. The van der Waals surface area contributed by atoms with Crippen molar-refractivity contribution in [3.63, 3.8) is 0 Å². The van der Waals surface area contributed by atoms with Crippen molar-refractivity contribution in [3.8, 4) is 0 Å². The predicted molar refractivity (Wildman–Crippen MR) is 63.3 cm³/mol. The van der Waals surface area contributed by atoms with E-state index in [0.717, 1.165) is 6.40 Å². The summed E-state index contributed by atoms with van der Waals surface area (Å²) in [6.07, 6.45) is 0.147. The molecule has 1 aliphatic rings. The lowest BCUT2D eigenvalue weighted by Crippen LogP contribution is -2.42. The van der Waals surface area contributed by atoms with Gasteiger partial charge in [0.25, 0.3) is 0 Å². The molecule has 1 rings (SSSR count). The van der Waals surface area contributed by atoms with Crippen molar-refractivity contribution in [1.29, 1.82) is 0 Å². The number of rotatable bonds is 1. The lowest BCUT2D eigenvalue weighted by molar-refractivity contribution is -0.157. The van der Waals surface area contributed by atoms with Crippen LogP contribution in [0, 0.1) is 0 Å². The van der Waals surface area contributed by atoms with Crippen molar-refractivity contribution in [2.75, 3.05) is 0 Å². The molecule has 0 aliphatic carbocycles. The molecule has 16 heavy (non-hydrogen) atoms. The van der Waals surface area contributed by atoms with Crippen LogP contribution in [0.1, 0.15) is 20.8 Å². The largest absolute Gasteiger partial charge is 0.473 e. The monoisotopic (exact) mass is 287 g/mol. The Bertz CT molecular complexity index is 306. The Balaban J connectivity index is 2.72. The molecule has 0 aromatic rings. The number of hydrogen-bond donors (Lipinski definition) is 0. The van der Waals surface area contributed by atoms with Crippen LogP contribution in [0.2, 0.25) is 0 Å². The average molecular weight is 289 g/mol. The predicted octanol–water partition coefficient (Wildman–Crippen LogP) is 2.49. The van der Waals surface area contributed by atoms with Crippen LogP contribution in [-0.2, 0) is 14.3 Å². The normalized spacial score (nSPS) is 25.4. The van der Waals surface area contributed by atoms with Crippen molar-refractivity contribution in [2.24, 2.45) is 4.99 Å². The minimum absolute atomic E-state index is 0.572. The lowest BCUT2D eigenvalue weighted by Gasteiger charge is -2.26. The van der Waals surface area contributed by atoms with Crippen LogP contribution in [0.25, 0.3) is 0 Å². The summed E-state index contributed by atoms with van der Waals surface area (Å²) in [6, 6.07) is -0.938. The second kappa shape index (κ2) is 4.59. The highest BCUT2D eigenvalue weighted by Crippen LogP contribution is 2.37. The molecular weight excluding hydrogens is 276 g/mol. The number of hydrogen-bond acceptors (Lipinski definition) is 4. The molecule has 0 aromatic carbocycles. The van der Waals surface area contributed by atoms with Gasteiger partial charge in [0.15, 0.2) is 18.5 Å². The first kappa shape index (κ1) is 13.9. The first-order valence-electron chi connectivity index (χ1n) is 4.58. The molecule has 0 spiro atoms. The van der Waals surface area contributed by atoms with E-state index in [2.05, 4.69) is 4.99 Å². The van der Waals surface area contributed by atoms with Crippen LogP contribution in [0.15, 0.2) is 4.99 Å². The number of carbonyl (C=O) groups is 1. The summed E-state index contributed by atoms with van der Waals surface area (Å²) < 4.78 is 8.39. The van der Waals surface area contributed by atoms with E-state index >= 15 is 0 Å². The van der Waals surface area contributed by atoms with Crippen molar-refractivity contribution >= 4 is 47.2 Å². The van der Waals surface area contributed by atoms with Crippen molar-refractivity contribution in [2.45, 2.75) is 42.3 Å². The molecule has 2 atom stereocenters. The van der Waals surface area contributed by atoms with Gasteiger partial charge in [-0.15, -0.1) is 0 Å². The number of carbonyl (C=O) groups excluding carboxylic acids is 1. The number of esters is 1. The second-order valence-corrected chi connectivity index (χ2v) is 6.70. The van der Waals surface area contributed by atoms with Crippen LogP contribution >= 0.6 is 34.8 Å². The molecule has 7 heteroatoms. The highest BCUT2D eigenvalue weighted by Gasteiger charge is 2.47. The van der Waals surface area contributed by atoms with Gasteiger partial charge in [-0.05, 0) is 20.8 Å². The van der Waals surface area contributed by atoms with E-state index in [0.29, 0.717) is 0 Å². The summed E-state index contributed by atoms with van der Waals surface area (Å²) >= 11 is 17.0. The van der Waals surface area contributed by atoms with Crippen LogP contribution in [-0.4, -0.2) is 33.9 Å². The highest BCUT2D eigenvalue weighted by atomic mass is 35.6. The fourth-order valence-corrected chi connectivity index (χ4v) is 1.63. The fraction of sp³-hybridized carbons (Fsp3) is 0.778. The summed E-state index contributed by atoms with van der Waals surface area (Å²) in [6.45, 7) is 5.23. The minimum atomic E-state index is -1.72. The van der Waals surface area contributed by atoms with Gasteiger partial charge in [-0.3, -0.25) is 0 Å². The molecule has 1 heterocycles. The number of halogens is 3. The molecule has 0 unspecified atom stereocenters. The molecule has 1 aliphatic heterocycles. The topological polar surface area (TPSA) is 47.9 Å². The summed E-state index contributed by atoms with van der Waals surface area (Å²) in [7, 11) is 0. The van der Waals surface area contributed by atoms with Gasteiger partial charge in [0.1, 0.15) is 5.60 Å². The minimum Gasteiger partial charge on any atom is -0.473 e. The van der Waals surface area contributed by atoms with Gasteiger partial charge in [0.05, 0.1) is 0 Å². The van der Waals surface area contributed by atoms with Gasteiger partial charge in [-0.25, -0.2) is 9.79 Å². The first-order valence-corrected chi connectivity index (χ1v) is 5.71. The second-order valence-electron chi connectivity index (χ2n) is 4.33. The number of ether oxygens (including phenoxy) is 2. The zero-order chi connectivity index (χ0) is 12.6. The summed E-state index contributed by atoms with van der Waals surface area (Å²) in [5.41, 5.74) is -0.618. The first-order chi connectivity index (χ1) is 7.11. The van der Waals surface area contributed by atoms with Gasteiger partial charge >= 0.3 is 5.97 Å². The van der Waals surface area contributed by atoms with E-state index in [4.69, 9.17) is 44.3 Å². The lowest BCUT2D eigenvalue weighted by atomic mass is 10.1. The molecule has 0 saturated heterocycles. The third-order valence-electron chi connectivity index (χ3n) is 1.69. The van der Waals surface area contributed by atoms with Crippen LogP contribution in [0.4, 0.5) is 0 Å². The average Bonchev–Trinajstić information content (AvgIpc) is 2.45. The maximum absolute atomic E-state index is 11.7. The standard InChI is InChI=1S/C9H12Cl3NO3/c1-8(2,3)16-7(14)5-6(9(10,11)12)15-4-13-5/h4-6H,1-3H3/t5-,6-/m1/s1. The third-order valence-corrected chi connectivity index (χ3v) is 2.33. The zero-order valence-electron chi connectivity index (χ0n) is 9.04. The fourth-order valence-electron chi connectivity index (χ4n) is 1.12. The molecule has 92 valence electrons. The summed E-state index contributed by atoms with van der Waals surface area (Å²) in [5.74, 6) is -0.572. The molecular formula is C9H12Cl3NO3. The molecule has 0 aromatic heterocycles. The number of nitrogens with zero attached hydrogens (tertiary/aromatic N) is 1. The third kappa shape index (κ3) is 3.68. The Morgan fingerprint density at radius 3 is 2.38 bits per heavy atom. The Morgan fingerprint density at radius 1 is 1.38 bits per heavy atom. The van der Waals surface area contributed by atoms with Crippen molar-refractivity contribution < 1.29 is 14.3 Å². The van der Waals surface area contributed by atoms with Gasteiger partial charge in [-0.1, -0.05) is 34.8 Å². The van der Waals surface area contributed by atoms with Crippen molar-refractivity contribution in [1.82, 2.24) is 0 Å². The molecule has 4 nitrogen and oxygen atoms in total. The SMILES string of the molecule is CC(C)(C)OC(=O)[C@@H]1N=CO[C@H]1C(Cl)(Cl)Cl. The molecule has 0 fully saturated rings. The van der Waals surface area contributed by atoms with Gasteiger partial charge in [0, 0.05) is 0 Å². The maximum Gasteiger partial charge on any atom is 0.335 e.